The highest BCUT2D eigenvalue weighted by molar-refractivity contribution is 5.34. The molecule has 0 atom stereocenters. The maximum Gasteiger partial charge on any atom is 0.147 e. The van der Waals surface area contributed by atoms with Gasteiger partial charge in [-0.15, -0.1) is 0 Å². The average molecular weight is 192 g/mol. The van der Waals surface area contributed by atoms with Crippen LogP contribution in [0, 0.1) is 5.82 Å². The molecule has 2 rings (SSSR count). The van der Waals surface area contributed by atoms with E-state index in [0.29, 0.717) is 11.5 Å². The topological polar surface area (TPSA) is 38.1 Å². The van der Waals surface area contributed by atoms with Crippen molar-refractivity contribution in [2.45, 2.75) is 6.61 Å². The second-order valence-corrected chi connectivity index (χ2v) is 2.82. The standard InChI is InChI=1S/C10H9FN2O/c11-8-3-1-2-4-9(8)13-6-5-12-10(13)7-14/h1-6,14H,7H2. The molecule has 0 unspecified atom stereocenters. The van der Waals surface area contributed by atoms with E-state index in [1.165, 1.54) is 16.8 Å². The van der Waals surface area contributed by atoms with Crippen LogP contribution < -0.4 is 0 Å². The summed E-state index contributed by atoms with van der Waals surface area (Å²) in [6.45, 7) is -0.207. The van der Waals surface area contributed by atoms with E-state index in [1.807, 2.05) is 0 Å². The highest BCUT2D eigenvalue weighted by Gasteiger charge is 2.06. The van der Waals surface area contributed by atoms with E-state index in [2.05, 4.69) is 4.98 Å². The molecule has 0 aliphatic heterocycles. The van der Waals surface area contributed by atoms with Gasteiger partial charge in [0.25, 0.3) is 0 Å². The van der Waals surface area contributed by atoms with E-state index >= 15 is 0 Å². The number of hydrogen-bond donors (Lipinski definition) is 1. The number of rotatable bonds is 2. The molecule has 0 aliphatic rings. The number of para-hydroxylation sites is 1. The first kappa shape index (κ1) is 8.90. The van der Waals surface area contributed by atoms with E-state index in [1.54, 1.807) is 24.4 Å². The first-order valence-electron chi connectivity index (χ1n) is 4.21. The van der Waals surface area contributed by atoms with Crippen molar-refractivity contribution in [3.05, 3.63) is 48.3 Å². The molecule has 0 spiro atoms. The van der Waals surface area contributed by atoms with Gasteiger partial charge in [0.1, 0.15) is 18.2 Å². The summed E-state index contributed by atoms with van der Waals surface area (Å²) in [7, 11) is 0. The Balaban J connectivity index is 2.54. The fourth-order valence-corrected chi connectivity index (χ4v) is 1.32. The molecule has 0 radical (unpaired) electrons. The van der Waals surface area contributed by atoms with Gasteiger partial charge in [0.2, 0.25) is 0 Å². The van der Waals surface area contributed by atoms with Crippen LogP contribution in [0.15, 0.2) is 36.7 Å². The first-order chi connectivity index (χ1) is 6.83. The summed E-state index contributed by atoms with van der Waals surface area (Å²) in [5.74, 6) is 0.0929. The third-order valence-corrected chi connectivity index (χ3v) is 1.97. The Bertz CT molecular complexity index is 439. The number of halogens is 1. The molecule has 0 aliphatic carbocycles. The fourth-order valence-electron chi connectivity index (χ4n) is 1.32. The highest BCUT2D eigenvalue weighted by atomic mass is 19.1. The molecule has 1 N–H and O–H groups in total. The lowest BCUT2D eigenvalue weighted by Gasteiger charge is -2.06. The Hall–Kier alpha value is -1.68. The summed E-state index contributed by atoms with van der Waals surface area (Å²) in [6, 6.07) is 6.36. The largest absolute Gasteiger partial charge is 0.388 e. The van der Waals surface area contributed by atoms with Gasteiger partial charge in [0, 0.05) is 12.4 Å². The van der Waals surface area contributed by atoms with Crippen molar-refractivity contribution < 1.29 is 9.50 Å². The van der Waals surface area contributed by atoms with Gasteiger partial charge in [-0.25, -0.2) is 9.37 Å². The van der Waals surface area contributed by atoms with Gasteiger partial charge in [-0.05, 0) is 12.1 Å². The summed E-state index contributed by atoms with van der Waals surface area (Å²) in [5.41, 5.74) is 0.397. The van der Waals surface area contributed by atoms with Crippen molar-refractivity contribution in [1.29, 1.82) is 0 Å². The number of imidazole rings is 1. The Labute approximate surface area is 80.5 Å². The van der Waals surface area contributed by atoms with Gasteiger partial charge >= 0.3 is 0 Å². The quantitative estimate of drug-likeness (QED) is 0.783. The Kier molecular flexibility index (Phi) is 2.28. The van der Waals surface area contributed by atoms with Crippen molar-refractivity contribution in [1.82, 2.24) is 9.55 Å². The summed E-state index contributed by atoms with van der Waals surface area (Å²) >= 11 is 0. The number of aliphatic hydroxyl groups is 1. The molecule has 0 bridgehead atoms. The molecule has 14 heavy (non-hydrogen) atoms. The lowest BCUT2D eigenvalue weighted by molar-refractivity contribution is 0.269. The number of nitrogens with zero attached hydrogens (tertiary/aromatic N) is 2. The molecule has 2 aromatic rings. The van der Waals surface area contributed by atoms with Gasteiger partial charge < -0.3 is 5.11 Å². The molecule has 0 saturated carbocycles. The molecule has 1 aromatic carbocycles. The minimum Gasteiger partial charge on any atom is -0.388 e. The van der Waals surface area contributed by atoms with E-state index in [-0.39, 0.29) is 12.4 Å². The minimum atomic E-state index is -0.333. The molecule has 72 valence electrons. The van der Waals surface area contributed by atoms with Gasteiger partial charge in [-0.3, -0.25) is 4.57 Å². The van der Waals surface area contributed by atoms with Crippen molar-refractivity contribution in [2.24, 2.45) is 0 Å². The lowest BCUT2D eigenvalue weighted by Crippen LogP contribution is -2.02. The number of hydrogen-bond acceptors (Lipinski definition) is 2. The Morgan fingerprint density at radius 2 is 2.14 bits per heavy atom. The van der Waals surface area contributed by atoms with Crippen LogP contribution in [0.1, 0.15) is 5.82 Å². The van der Waals surface area contributed by atoms with Gasteiger partial charge in [0.05, 0.1) is 5.69 Å². The second kappa shape index (κ2) is 3.59. The fraction of sp³-hybridized carbons (Fsp3) is 0.100. The highest BCUT2D eigenvalue weighted by Crippen LogP contribution is 2.14. The van der Waals surface area contributed by atoms with Crippen molar-refractivity contribution in [2.75, 3.05) is 0 Å². The average Bonchev–Trinajstić information content (AvgIpc) is 2.66. The molecule has 1 aromatic heterocycles. The zero-order valence-electron chi connectivity index (χ0n) is 7.39. The van der Waals surface area contributed by atoms with Crippen LogP contribution in [-0.2, 0) is 6.61 Å². The van der Waals surface area contributed by atoms with Crippen LogP contribution >= 0.6 is 0 Å². The maximum absolute atomic E-state index is 13.3. The summed E-state index contributed by atoms with van der Waals surface area (Å²) < 4.78 is 14.9. The summed E-state index contributed by atoms with van der Waals surface area (Å²) in [5, 5.41) is 8.95. The molecule has 3 nitrogen and oxygen atoms in total. The Morgan fingerprint density at radius 1 is 1.36 bits per heavy atom. The normalized spacial score (nSPS) is 10.4. The third kappa shape index (κ3) is 1.40. The van der Waals surface area contributed by atoms with Crippen LogP contribution in [0.5, 0.6) is 0 Å². The maximum atomic E-state index is 13.3. The van der Waals surface area contributed by atoms with Gasteiger partial charge in [0.15, 0.2) is 0 Å². The van der Waals surface area contributed by atoms with Crippen LogP contribution in [-0.4, -0.2) is 14.7 Å². The molecule has 0 saturated heterocycles. The number of aromatic nitrogens is 2. The SMILES string of the molecule is OCc1nccn1-c1ccccc1F. The van der Waals surface area contributed by atoms with Crippen LogP contribution in [0.4, 0.5) is 4.39 Å². The van der Waals surface area contributed by atoms with E-state index < -0.39 is 0 Å². The van der Waals surface area contributed by atoms with Crippen molar-refractivity contribution in [3.63, 3.8) is 0 Å². The zero-order valence-corrected chi connectivity index (χ0v) is 7.39. The Morgan fingerprint density at radius 3 is 2.86 bits per heavy atom. The molecule has 0 amide bonds. The van der Waals surface area contributed by atoms with Gasteiger partial charge in [-0.1, -0.05) is 12.1 Å². The molecule has 0 fully saturated rings. The number of aliphatic hydroxyl groups excluding tert-OH is 1. The smallest absolute Gasteiger partial charge is 0.147 e. The predicted molar refractivity (Wildman–Crippen MR) is 49.4 cm³/mol. The molecular weight excluding hydrogens is 183 g/mol. The predicted octanol–water partition coefficient (Wildman–Crippen LogP) is 1.50. The lowest BCUT2D eigenvalue weighted by atomic mass is 10.3. The van der Waals surface area contributed by atoms with E-state index in [9.17, 15) is 4.39 Å². The van der Waals surface area contributed by atoms with E-state index in [0.717, 1.165) is 0 Å². The summed E-state index contributed by atoms with van der Waals surface area (Å²) in [4.78, 5) is 3.90. The third-order valence-electron chi connectivity index (χ3n) is 1.97. The van der Waals surface area contributed by atoms with Crippen LogP contribution in [0.3, 0.4) is 0 Å². The second-order valence-electron chi connectivity index (χ2n) is 2.82. The zero-order chi connectivity index (χ0) is 9.97. The number of benzene rings is 1. The van der Waals surface area contributed by atoms with E-state index in [4.69, 9.17) is 5.11 Å². The monoisotopic (exact) mass is 192 g/mol. The molecule has 1 heterocycles. The van der Waals surface area contributed by atoms with Crippen molar-refractivity contribution >= 4 is 0 Å². The summed E-state index contributed by atoms with van der Waals surface area (Å²) in [6.07, 6.45) is 3.14. The first-order valence-corrected chi connectivity index (χ1v) is 4.21. The molecular formula is C10H9FN2O. The van der Waals surface area contributed by atoms with Gasteiger partial charge in [-0.2, -0.15) is 0 Å². The van der Waals surface area contributed by atoms with Crippen molar-refractivity contribution in [3.8, 4) is 5.69 Å². The van der Waals surface area contributed by atoms with Crippen LogP contribution in [0.2, 0.25) is 0 Å². The molecule has 4 heteroatoms. The van der Waals surface area contributed by atoms with Crippen LogP contribution in [0.25, 0.3) is 5.69 Å². The minimum absolute atomic E-state index is 0.207.